The molecule has 0 aliphatic rings. The average molecular weight is 266 g/mol. The van der Waals surface area contributed by atoms with Gasteiger partial charge in [0.25, 0.3) is 5.91 Å². The lowest BCUT2D eigenvalue weighted by molar-refractivity contribution is 0.0955. The van der Waals surface area contributed by atoms with Gasteiger partial charge in [-0.05, 0) is 24.4 Å². The molecule has 1 N–H and O–H groups in total. The van der Waals surface area contributed by atoms with E-state index in [1.54, 1.807) is 31.2 Å². The second kappa shape index (κ2) is 5.36. The maximum absolute atomic E-state index is 13.6. The van der Waals surface area contributed by atoms with Crippen molar-refractivity contribution in [2.75, 3.05) is 6.54 Å². The number of hydrogen-bond acceptors (Lipinski definition) is 1. The molecule has 2 nitrogen and oxygen atoms in total. The van der Waals surface area contributed by atoms with E-state index < -0.39 is 0 Å². The largest absolute Gasteiger partial charge is 0.351 e. The second-order valence-corrected chi connectivity index (χ2v) is 4.88. The molecule has 2 aromatic rings. The highest BCUT2D eigenvalue weighted by atomic mass is 35.5. The zero-order chi connectivity index (χ0) is 13.1. The van der Waals surface area contributed by atoms with Crippen LogP contribution in [0.2, 0.25) is 0 Å². The minimum absolute atomic E-state index is 0.138. The molecule has 0 aliphatic carbocycles. The van der Waals surface area contributed by atoms with E-state index in [1.807, 2.05) is 0 Å². The van der Waals surface area contributed by atoms with Gasteiger partial charge in [-0.3, -0.25) is 4.79 Å². The first-order valence-corrected chi connectivity index (χ1v) is 6.12. The first-order chi connectivity index (χ1) is 8.59. The molecule has 0 saturated heterocycles. The summed E-state index contributed by atoms with van der Waals surface area (Å²) in [6.45, 7) is 2.18. The van der Waals surface area contributed by atoms with Crippen LogP contribution in [0.3, 0.4) is 0 Å². The lowest BCUT2D eigenvalue weighted by Crippen LogP contribution is -2.28. The van der Waals surface area contributed by atoms with Gasteiger partial charge in [0.15, 0.2) is 0 Å². The summed E-state index contributed by atoms with van der Waals surface area (Å²) in [5.41, 5.74) is 0.462. The van der Waals surface area contributed by atoms with Gasteiger partial charge in [0, 0.05) is 22.9 Å². The van der Waals surface area contributed by atoms with E-state index in [9.17, 15) is 9.18 Å². The Hall–Kier alpha value is -1.61. The van der Waals surface area contributed by atoms with Crippen LogP contribution in [-0.4, -0.2) is 17.8 Å². The summed E-state index contributed by atoms with van der Waals surface area (Å²) in [5, 5.41) is 3.64. The van der Waals surface area contributed by atoms with E-state index in [4.69, 9.17) is 11.6 Å². The van der Waals surface area contributed by atoms with Gasteiger partial charge < -0.3 is 5.32 Å². The van der Waals surface area contributed by atoms with Gasteiger partial charge in [0.2, 0.25) is 0 Å². The SMILES string of the molecule is CC(Cl)CNC(=O)c1ccc(F)c2ccccc12. The number of rotatable bonds is 3. The predicted molar refractivity (Wildman–Crippen MR) is 71.6 cm³/mol. The Kier molecular flexibility index (Phi) is 3.82. The fraction of sp³-hybridized carbons (Fsp3) is 0.214. The molecule has 0 aromatic heterocycles. The maximum atomic E-state index is 13.6. The smallest absolute Gasteiger partial charge is 0.251 e. The number of hydrogen-bond donors (Lipinski definition) is 1. The number of fused-ring (bicyclic) bond motifs is 1. The number of nitrogens with one attached hydrogen (secondary N) is 1. The van der Waals surface area contributed by atoms with E-state index in [2.05, 4.69) is 5.32 Å². The molecule has 2 rings (SSSR count). The van der Waals surface area contributed by atoms with Gasteiger partial charge in [-0.1, -0.05) is 24.3 Å². The van der Waals surface area contributed by atoms with Crippen LogP contribution in [0, 0.1) is 5.82 Å². The van der Waals surface area contributed by atoms with Crippen LogP contribution in [0.1, 0.15) is 17.3 Å². The van der Waals surface area contributed by atoms with E-state index in [-0.39, 0.29) is 17.1 Å². The van der Waals surface area contributed by atoms with Crippen LogP contribution >= 0.6 is 11.6 Å². The molecule has 1 amide bonds. The molecular weight excluding hydrogens is 253 g/mol. The molecular formula is C14H13ClFNO. The van der Waals surface area contributed by atoms with Gasteiger partial charge in [-0.25, -0.2) is 4.39 Å². The number of halogens is 2. The van der Waals surface area contributed by atoms with Gasteiger partial charge >= 0.3 is 0 Å². The highest BCUT2D eigenvalue weighted by Crippen LogP contribution is 2.21. The minimum Gasteiger partial charge on any atom is -0.351 e. The van der Waals surface area contributed by atoms with Crippen molar-refractivity contribution in [3.63, 3.8) is 0 Å². The van der Waals surface area contributed by atoms with Crippen molar-refractivity contribution in [2.24, 2.45) is 0 Å². The van der Waals surface area contributed by atoms with Crippen molar-refractivity contribution in [2.45, 2.75) is 12.3 Å². The zero-order valence-corrected chi connectivity index (χ0v) is 10.7. The molecule has 0 heterocycles. The summed E-state index contributed by atoms with van der Waals surface area (Å²) in [4.78, 5) is 12.0. The molecule has 0 radical (unpaired) electrons. The van der Waals surface area contributed by atoms with E-state index in [0.717, 1.165) is 0 Å². The monoisotopic (exact) mass is 265 g/mol. The molecule has 0 saturated carbocycles. The molecule has 0 fully saturated rings. The van der Waals surface area contributed by atoms with Crippen LogP contribution in [-0.2, 0) is 0 Å². The number of carbonyl (C=O) groups is 1. The summed E-state index contributed by atoms with van der Waals surface area (Å²) < 4.78 is 13.6. The third kappa shape index (κ3) is 2.62. The third-order valence-corrected chi connectivity index (χ3v) is 2.81. The number of alkyl halides is 1. The fourth-order valence-corrected chi connectivity index (χ4v) is 1.87. The average Bonchev–Trinajstić information content (AvgIpc) is 2.37. The molecule has 94 valence electrons. The molecule has 0 spiro atoms. The number of benzene rings is 2. The summed E-state index contributed by atoms with van der Waals surface area (Å²) in [7, 11) is 0. The Morgan fingerprint density at radius 3 is 2.61 bits per heavy atom. The molecule has 0 aliphatic heterocycles. The Labute approximate surface area is 110 Å². The highest BCUT2D eigenvalue weighted by Gasteiger charge is 2.12. The topological polar surface area (TPSA) is 29.1 Å². The summed E-state index contributed by atoms with van der Waals surface area (Å²) in [5.74, 6) is -0.563. The van der Waals surface area contributed by atoms with Crippen molar-refractivity contribution in [3.8, 4) is 0 Å². The van der Waals surface area contributed by atoms with Gasteiger partial charge in [0.05, 0.1) is 0 Å². The van der Waals surface area contributed by atoms with E-state index >= 15 is 0 Å². The highest BCUT2D eigenvalue weighted by molar-refractivity contribution is 6.20. The van der Waals surface area contributed by atoms with Crippen molar-refractivity contribution in [1.29, 1.82) is 0 Å². The Morgan fingerprint density at radius 1 is 1.28 bits per heavy atom. The van der Waals surface area contributed by atoms with Gasteiger partial charge in [-0.2, -0.15) is 0 Å². The first-order valence-electron chi connectivity index (χ1n) is 5.69. The minimum atomic E-state index is -0.326. The Balaban J connectivity index is 2.39. The van der Waals surface area contributed by atoms with Crippen LogP contribution in [0.15, 0.2) is 36.4 Å². The molecule has 4 heteroatoms. The van der Waals surface area contributed by atoms with Crippen LogP contribution < -0.4 is 5.32 Å². The standard InChI is InChI=1S/C14H13ClFNO/c1-9(15)8-17-14(18)12-6-7-13(16)11-5-3-2-4-10(11)12/h2-7,9H,8H2,1H3,(H,17,18). The second-order valence-electron chi connectivity index (χ2n) is 4.13. The van der Waals surface area contributed by atoms with Crippen molar-refractivity contribution in [1.82, 2.24) is 5.32 Å². The summed E-state index contributed by atoms with van der Waals surface area (Å²) >= 11 is 5.78. The maximum Gasteiger partial charge on any atom is 0.251 e. The summed E-state index contributed by atoms with van der Waals surface area (Å²) in [6, 6.07) is 9.72. The lowest BCUT2D eigenvalue weighted by atomic mass is 10.0. The molecule has 18 heavy (non-hydrogen) atoms. The Bertz CT molecular complexity index is 583. The lowest BCUT2D eigenvalue weighted by Gasteiger charge is -2.09. The van der Waals surface area contributed by atoms with Crippen LogP contribution in [0.4, 0.5) is 4.39 Å². The molecule has 1 unspecified atom stereocenters. The molecule has 1 atom stereocenters. The molecule has 2 aromatic carbocycles. The zero-order valence-electron chi connectivity index (χ0n) is 9.91. The third-order valence-electron chi connectivity index (χ3n) is 2.66. The van der Waals surface area contributed by atoms with Crippen molar-refractivity contribution < 1.29 is 9.18 Å². The quantitative estimate of drug-likeness (QED) is 0.848. The summed E-state index contributed by atoms with van der Waals surface area (Å²) in [6.07, 6.45) is 0. The van der Waals surface area contributed by atoms with Crippen molar-refractivity contribution in [3.05, 3.63) is 47.8 Å². The van der Waals surface area contributed by atoms with Crippen molar-refractivity contribution >= 4 is 28.3 Å². The fourth-order valence-electron chi connectivity index (χ4n) is 1.79. The van der Waals surface area contributed by atoms with Gasteiger partial charge in [-0.15, -0.1) is 11.6 Å². The van der Waals surface area contributed by atoms with Gasteiger partial charge in [0.1, 0.15) is 5.82 Å². The number of amides is 1. The molecule has 0 bridgehead atoms. The number of carbonyl (C=O) groups excluding carboxylic acids is 1. The predicted octanol–water partition coefficient (Wildman–Crippen LogP) is 3.34. The Morgan fingerprint density at radius 2 is 1.94 bits per heavy atom. The van der Waals surface area contributed by atoms with E-state index in [0.29, 0.717) is 22.9 Å². The first kappa shape index (κ1) is 12.8. The van der Waals surface area contributed by atoms with Crippen LogP contribution in [0.25, 0.3) is 10.8 Å². The normalized spacial score (nSPS) is 12.4. The van der Waals surface area contributed by atoms with Crippen LogP contribution in [0.5, 0.6) is 0 Å². The van der Waals surface area contributed by atoms with E-state index in [1.165, 1.54) is 12.1 Å².